The molecule has 2 aromatic carbocycles. The maximum absolute atomic E-state index is 14.5. The zero-order valence-electron chi connectivity index (χ0n) is 25.5. The van der Waals surface area contributed by atoms with Crippen LogP contribution in [0.1, 0.15) is 63.0 Å². The van der Waals surface area contributed by atoms with Crippen molar-refractivity contribution in [2.75, 3.05) is 12.4 Å². The number of hydrogen-bond acceptors (Lipinski definition) is 7. The number of benzene rings is 2. The van der Waals surface area contributed by atoms with Crippen LogP contribution in [0.2, 0.25) is 0 Å². The Morgan fingerprint density at radius 2 is 1.61 bits per heavy atom. The molecule has 0 aliphatic carbocycles. The normalized spacial score (nSPS) is 29.0. The molecule has 2 aliphatic heterocycles. The quantitative estimate of drug-likeness (QED) is 0.144. The minimum atomic E-state index is -4.79. The van der Waals surface area contributed by atoms with Crippen molar-refractivity contribution in [3.8, 4) is 11.3 Å². The summed E-state index contributed by atoms with van der Waals surface area (Å²) in [6.07, 6.45) is -6.80. The molecule has 2 fully saturated rings. The van der Waals surface area contributed by atoms with Crippen LogP contribution in [0.15, 0.2) is 42.6 Å². The third-order valence-corrected chi connectivity index (χ3v) is 12.2. The van der Waals surface area contributed by atoms with E-state index in [1.54, 1.807) is 27.7 Å². The molecule has 0 saturated carbocycles. The van der Waals surface area contributed by atoms with Crippen molar-refractivity contribution in [2.45, 2.75) is 92.3 Å². The summed E-state index contributed by atoms with van der Waals surface area (Å²) in [6.45, 7) is 6.21. The van der Waals surface area contributed by atoms with Gasteiger partial charge in [-0.05, 0) is 51.5 Å². The van der Waals surface area contributed by atoms with Crippen molar-refractivity contribution in [2.24, 2.45) is 0 Å². The number of thiol groups is 1. The van der Waals surface area contributed by atoms with Gasteiger partial charge < -0.3 is 25.2 Å². The molecule has 8 nitrogen and oxygen atoms in total. The number of aliphatic hydroxyl groups is 4. The van der Waals surface area contributed by atoms with Gasteiger partial charge in [0.15, 0.2) is 17.5 Å². The average molecular weight is 678 g/mol. The van der Waals surface area contributed by atoms with Crippen molar-refractivity contribution >= 4 is 10.9 Å². The highest BCUT2D eigenvalue weighted by molar-refractivity contribution is 8.18. The van der Waals surface area contributed by atoms with Crippen LogP contribution in [0.3, 0.4) is 0 Å². The highest BCUT2D eigenvalue weighted by Crippen LogP contribution is 2.63. The molecule has 3 heterocycles. The van der Waals surface area contributed by atoms with Crippen molar-refractivity contribution in [3.05, 3.63) is 71.2 Å². The topological polar surface area (TPSA) is 121 Å². The Labute approximate surface area is 264 Å². The predicted molar refractivity (Wildman–Crippen MR) is 159 cm³/mol. The highest BCUT2D eigenvalue weighted by atomic mass is 32.2. The first kappa shape index (κ1) is 34.6. The summed E-state index contributed by atoms with van der Waals surface area (Å²) < 4.78 is 91.9. The minimum Gasteiger partial charge on any atom is -0.395 e. The van der Waals surface area contributed by atoms with Crippen LogP contribution in [0, 0.1) is 17.5 Å². The number of hydrogen-bond donors (Lipinski definition) is 5. The number of alkyl halides is 3. The van der Waals surface area contributed by atoms with Gasteiger partial charge in [0.05, 0.1) is 47.4 Å². The lowest BCUT2D eigenvalue weighted by Gasteiger charge is -2.57. The van der Waals surface area contributed by atoms with Gasteiger partial charge >= 0.3 is 6.18 Å². The van der Waals surface area contributed by atoms with Gasteiger partial charge in [0, 0.05) is 34.7 Å². The molecule has 0 radical (unpaired) electrons. The van der Waals surface area contributed by atoms with E-state index in [9.17, 15) is 46.8 Å². The molecule has 6 atom stereocenters. The second-order valence-electron chi connectivity index (χ2n) is 13.4. The van der Waals surface area contributed by atoms with E-state index >= 15 is 0 Å². The van der Waals surface area contributed by atoms with Gasteiger partial charge in [-0.3, -0.25) is 0 Å². The summed E-state index contributed by atoms with van der Waals surface area (Å²) >= 11 is 0. The zero-order valence-corrected chi connectivity index (χ0v) is 26.4. The molecule has 254 valence electrons. The van der Waals surface area contributed by atoms with Crippen molar-refractivity contribution in [1.82, 2.24) is 15.0 Å². The summed E-state index contributed by atoms with van der Waals surface area (Å²) in [5.41, 5.74) is -5.19. The van der Waals surface area contributed by atoms with E-state index in [0.29, 0.717) is 12.1 Å². The summed E-state index contributed by atoms with van der Waals surface area (Å²) in [7, 11) is -2.00. The van der Waals surface area contributed by atoms with Crippen LogP contribution in [0.4, 0.5) is 26.3 Å². The predicted octanol–water partition coefficient (Wildman–Crippen LogP) is 4.86. The molecule has 1 unspecified atom stereocenters. The summed E-state index contributed by atoms with van der Waals surface area (Å²) in [5.74, 6) is -4.81. The largest absolute Gasteiger partial charge is 0.416 e. The van der Waals surface area contributed by atoms with E-state index in [-0.39, 0.29) is 35.4 Å². The first-order chi connectivity index (χ1) is 21.3. The summed E-state index contributed by atoms with van der Waals surface area (Å²) in [5, 5.41) is 51.6. The molecule has 3 aromatic rings. The van der Waals surface area contributed by atoms with Gasteiger partial charge in [0.25, 0.3) is 0 Å². The number of rotatable bonds is 6. The van der Waals surface area contributed by atoms with Crippen molar-refractivity contribution in [1.29, 1.82) is 0 Å². The van der Waals surface area contributed by atoms with Gasteiger partial charge in [-0.1, -0.05) is 23.4 Å². The van der Waals surface area contributed by atoms with E-state index in [1.807, 2.05) is 0 Å². The van der Waals surface area contributed by atoms with Crippen LogP contribution >= 0.6 is 10.9 Å². The Kier molecular flexibility index (Phi) is 9.10. The van der Waals surface area contributed by atoms with Crippen molar-refractivity contribution < 1.29 is 51.5 Å². The summed E-state index contributed by atoms with van der Waals surface area (Å²) in [4.78, 5) is 0. The Bertz CT molecular complexity index is 1540. The molecule has 0 bridgehead atoms. The second kappa shape index (κ2) is 12.1. The standard InChI is InChI=1S/C31H37F6N3O5S/c1-28(2)14-30(44,15-29(3,4)45-28)27(17-7-5-6-8-18(17)31(35,36)37)46-13-22(42)25(26(43)23(46)12-41)40-11-21(38-39-40)16-9-19(32)24(34)20(33)10-16/h5-11,22-23,25-27,41-44,46H,12-15H2,1-4H3/t22-,23+,25-,26-,27+/m0/s1. The fourth-order valence-electron chi connectivity index (χ4n) is 7.53. The van der Waals surface area contributed by atoms with Crippen LogP contribution in [-0.2, 0) is 10.9 Å². The first-order valence-electron chi connectivity index (χ1n) is 14.6. The molecular formula is C31H37F6N3O5S. The Balaban J connectivity index is 1.59. The Hall–Kier alpha value is -2.69. The fraction of sp³-hybridized carbons (Fsp3) is 0.548. The second-order valence-corrected chi connectivity index (χ2v) is 16.0. The van der Waals surface area contributed by atoms with E-state index in [1.165, 1.54) is 24.4 Å². The lowest BCUT2D eigenvalue weighted by Crippen LogP contribution is -2.58. The number of halogens is 6. The minimum absolute atomic E-state index is 0.0654. The fourth-order valence-corrected chi connectivity index (χ4v) is 11.2. The Morgan fingerprint density at radius 3 is 2.17 bits per heavy atom. The smallest absolute Gasteiger partial charge is 0.395 e. The van der Waals surface area contributed by atoms with Gasteiger partial charge in [0.2, 0.25) is 0 Å². The molecule has 2 saturated heterocycles. The molecule has 2 aliphatic rings. The highest BCUT2D eigenvalue weighted by Gasteiger charge is 2.57. The van der Waals surface area contributed by atoms with Crippen LogP contribution in [-0.4, -0.2) is 82.0 Å². The maximum Gasteiger partial charge on any atom is 0.416 e. The van der Waals surface area contributed by atoms with Crippen molar-refractivity contribution in [3.63, 3.8) is 0 Å². The Morgan fingerprint density at radius 1 is 1.02 bits per heavy atom. The SMILES string of the molecule is CC1(C)CC(O)([C@@H](c2ccccc2C(F)(F)F)[SH]2C[C@H](O)[C@H](n3cc(-c4cc(F)c(F)c(F)c4)nn3)[C@@H](O)[C@H]2CO)CC(C)(C)O1. The van der Waals surface area contributed by atoms with E-state index < -0.39 is 92.2 Å². The third-order valence-electron chi connectivity index (χ3n) is 8.66. The van der Waals surface area contributed by atoms with E-state index in [2.05, 4.69) is 10.3 Å². The lowest BCUT2D eigenvalue weighted by molar-refractivity contribution is -0.220. The molecule has 15 heteroatoms. The van der Waals surface area contributed by atoms with Gasteiger partial charge in [-0.25, -0.2) is 28.7 Å². The molecule has 1 aromatic heterocycles. The molecule has 5 rings (SSSR count). The maximum atomic E-state index is 14.5. The zero-order chi connectivity index (χ0) is 34.0. The van der Waals surface area contributed by atoms with Crippen LogP contribution < -0.4 is 0 Å². The molecule has 0 spiro atoms. The summed E-state index contributed by atoms with van der Waals surface area (Å²) in [6, 6.07) is 5.01. The van der Waals surface area contributed by atoms with Crippen LogP contribution in [0.25, 0.3) is 11.3 Å². The number of aromatic nitrogens is 3. The van der Waals surface area contributed by atoms with Crippen LogP contribution in [0.5, 0.6) is 0 Å². The van der Waals surface area contributed by atoms with Gasteiger partial charge in [0.1, 0.15) is 11.7 Å². The molecule has 46 heavy (non-hydrogen) atoms. The average Bonchev–Trinajstić information content (AvgIpc) is 3.39. The molecule has 4 N–H and O–H groups in total. The van der Waals surface area contributed by atoms with E-state index in [0.717, 1.165) is 10.7 Å². The number of aliphatic hydroxyl groups excluding tert-OH is 3. The van der Waals surface area contributed by atoms with Gasteiger partial charge in [-0.2, -0.15) is 13.2 Å². The lowest BCUT2D eigenvalue weighted by atomic mass is 9.73. The van der Waals surface area contributed by atoms with Gasteiger partial charge in [-0.15, -0.1) is 5.10 Å². The number of nitrogens with zero attached hydrogens (tertiary/aromatic N) is 3. The first-order valence-corrected chi connectivity index (χ1v) is 16.3. The molecule has 0 amide bonds. The number of ether oxygens (including phenoxy) is 1. The monoisotopic (exact) mass is 677 g/mol. The third kappa shape index (κ3) is 6.54. The molecular weight excluding hydrogens is 640 g/mol. The van der Waals surface area contributed by atoms with E-state index in [4.69, 9.17) is 4.74 Å².